The van der Waals surface area contributed by atoms with Crippen molar-refractivity contribution in [3.63, 3.8) is 0 Å². The Morgan fingerprint density at radius 3 is 1.26 bits per heavy atom. The maximum Gasteiger partial charge on any atom is 0.269 e. The van der Waals surface area contributed by atoms with Gasteiger partial charge in [0.25, 0.3) is 11.8 Å². The fraction of sp³-hybridized carbons (Fsp3) is 0.200. The van der Waals surface area contributed by atoms with E-state index in [1.807, 2.05) is 24.3 Å². The van der Waals surface area contributed by atoms with Crippen LogP contribution in [0.2, 0.25) is 0 Å². The van der Waals surface area contributed by atoms with E-state index in [1.165, 1.54) is 24.3 Å². The SMILES string of the molecule is C#CC(O)(C(=O)NCc1ccc(CN)cc1)c1ccccc1C(O)(C#C)C(=O)NCc1ccc(CN)cc1. The molecule has 8 nitrogen and oxygen atoms in total. The minimum absolute atomic E-state index is 0.0681. The minimum atomic E-state index is -2.53. The number of aliphatic hydroxyl groups is 2. The first-order valence-electron chi connectivity index (χ1n) is 11.8. The van der Waals surface area contributed by atoms with Gasteiger partial charge in [-0.1, -0.05) is 84.6 Å². The Kier molecular flexibility index (Phi) is 9.03. The summed E-state index contributed by atoms with van der Waals surface area (Å²) in [5.74, 6) is 2.35. The van der Waals surface area contributed by atoms with E-state index in [0.29, 0.717) is 13.1 Å². The van der Waals surface area contributed by atoms with E-state index in [4.69, 9.17) is 24.3 Å². The molecule has 0 aliphatic carbocycles. The highest BCUT2D eigenvalue weighted by Crippen LogP contribution is 2.32. The number of rotatable bonds is 10. The molecule has 0 aromatic heterocycles. The fourth-order valence-corrected chi connectivity index (χ4v) is 3.85. The van der Waals surface area contributed by atoms with E-state index in [-0.39, 0.29) is 24.2 Å². The molecule has 8 heteroatoms. The Morgan fingerprint density at radius 1 is 0.658 bits per heavy atom. The lowest BCUT2D eigenvalue weighted by molar-refractivity contribution is -0.138. The lowest BCUT2D eigenvalue weighted by Gasteiger charge is -2.29. The number of amides is 2. The van der Waals surface area contributed by atoms with E-state index in [2.05, 4.69) is 22.5 Å². The second kappa shape index (κ2) is 12.2. The average molecular weight is 511 g/mol. The van der Waals surface area contributed by atoms with Crippen molar-refractivity contribution in [1.82, 2.24) is 10.6 Å². The normalized spacial score (nSPS) is 13.7. The molecule has 0 heterocycles. The second-order valence-corrected chi connectivity index (χ2v) is 8.66. The summed E-state index contributed by atoms with van der Waals surface area (Å²) < 4.78 is 0. The van der Waals surface area contributed by atoms with Crippen molar-refractivity contribution in [2.75, 3.05) is 0 Å². The van der Waals surface area contributed by atoms with E-state index in [1.54, 1.807) is 24.3 Å². The summed E-state index contributed by atoms with van der Waals surface area (Å²) in [6.45, 7) is 0.899. The summed E-state index contributed by atoms with van der Waals surface area (Å²) >= 11 is 0. The quantitative estimate of drug-likeness (QED) is 0.223. The van der Waals surface area contributed by atoms with Gasteiger partial charge < -0.3 is 32.3 Å². The Hall–Kier alpha value is -4.44. The number of hydrogen-bond donors (Lipinski definition) is 6. The van der Waals surface area contributed by atoms with Crippen molar-refractivity contribution in [3.8, 4) is 24.7 Å². The molecule has 3 aromatic rings. The van der Waals surface area contributed by atoms with Gasteiger partial charge in [-0.05, 0) is 22.3 Å². The van der Waals surface area contributed by atoms with Crippen LogP contribution in [0.4, 0.5) is 0 Å². The zero-order chi connectivity index (χ0) is 27.8. The maximum atomic E-state index is 13.1. The highest BCUT2D eigenvalue weighted by molar-refractivity contribution is 5.94. The van der Waals surface area contributed by atoms with Crippen LogP contribution in [0.25, 0.3) is 0 Å². The second-order valence-electron chi connectivity index (χ2n) is 8.66. The lowest BCUT2D eigenvalue weighted by Crippen LogP contribution is -2.48. The molecule has 0 saturated heterocycles. The fourth-order valence-electron chi connectivity index (χ4n) is 3.85. The molecule has 2 atom stereocenters. The van der Waals surface area contributed by atoms with Gasteiger partial charge in [0.2, 0.25) is 11.2 Å². The van der Waals surface area contributed by atoms with Crippen molar-refractivity contribution in [2.24, 2.45) is 11.5 Å². The molecule has 0 aliphatic heterocycles. The number of carbonyl (C=O) groups excluding carboxylic acids is 2. The van der Waals surface area contributed by atoms with Crippen LogP contribution in [0, 0.1) is 24.7 Å². The van der Waals surface area contributed by atoms with Gasteiger partial charge in [-0.2, -0.15) is 0 Å². The van der Waals surface area contributed by atoms with Gasteiger partial charge in [-0.15, -0.1) is 12.8 Å². The summed E-state index contributed by atoms with van der Waals surface area (Å²) in [5, 5.41) is 27.8. The molecule has 194 valence electrons. The van der Waals surface area contributed by atoms with Crippen molar-refractivity contribution in [3.05, 3.63) is 106 Å². The summed E-state index contributed by atoms with van der Waals surface area (Å²) in [6, 6.07) is 20.1. The smallest absolute Gasteiger partial charge is 0.269 e. The van der Waals surface area contributed by atoms with Crippen molar-refractivity contribution in [2.45, 2.75) is 37.4 Å². The molecule has 0 saturated carbocycles. The van der Waals surface area contributed by atoms with Crippen molar-refractivity contribution in [1.29, 1.82) is 0 Å². The van der Waals surface area contributed by atoms with Gasteiger partial charge in [0.1, 0.15) is 0 Å². The molecule has 3 aromatic carbocycles. The summed E-state index contributed by atoms with van der Waals surface area (Å²) in [4.78, 5) is 26.3. The van der Waals surface area contributed by atoms with Crippen LogP contribution in [-0.4, -0.2) is 22.0 Å². The molecule has 2 amide bonds. The first kappa shape index (κ1) is 28.1. The molecular weight excluding hydrogens is 480 g/mol. The molecule has 8 N–H and O–H groups in total. The molecule has 0 spiro atoms. The number of terminal acetylenes is 2. The van der Waals surface area contributed by atoms with Crippen LogP contribution in [0.3, 0.4) is 0 Å². The Morgan fingerprint density at radius 2 is 0.974 bits per heavy atom. The first-order valence-corrected chi connectivity index (χ1v) is 11.8. The van der Waals surface area contributed by atoms with Crippen molar-refractivity contribution >= 4 is 11.8 Å². The van der Waals surface area contributed by atoms with Gasteiger partial charge in [0, 0.05) is 37.3 Å². The Bertz CT molecular complexity index is 1270. The molecule has 3 rings (SSSR count). The first-order chi connectivity index (χ1) is 18.2. The highest BCUT2D eigenvalue weighted by atomic mass is 16.3. The average Bonchev–Trinajstić information content (AvgIpc) is 2.98. The summed E-state index contributed by atoms with van der Waals surface area (Å²) in [6.07, 6.45) is 11.2. The van der Waals surface area contributed by atoms with E-state index >= 15 is 0 Å². The monoisotopic (exact) mass is 510 g/mol. The van der Waals surface area contributed by atoms with Gasteiger partial charge in [0.05, 0.1) is 0 Å². The maximum absolute atomic E-state index is 13.1. The third kappa shape index (κ3) is 5.92. The number of nitrogens with two attached hydrogens (primary N) is 2. The zero-order valence-corrected chi connectivity index (χ0v) is 20.8. The molecule has 0 fully saturated rings. The number of carbonyl (C=O) groups is 2. The predicted octanol–water partition coefficient (Wildman–Crippen LogP) is 0.878. The van der Waals surface area contributed by atoms with Crippen LogP contribution in [0.15, 0.2) is 72.8 Å². The van der Waals surface area contributed by atoms with Crippen LogP contribution >= 0.6 is 0 Å². The number of benzene rings is 3. The molecular formula is C30H30N4O4. The summed E-state index contributed by atoms with van der Waals surface area (Å²) in [7, 11) is 0. The summed E-state index contributed by atoms with van der Waals surface area (Å²) in [5.41, 5.74) is 9.13. The van der Waals surface area contributed by atoms with Gasteiger partial charge in [0.15, 0.2) is 0 Å². The molecule has 2 unspecified atom stereocenters. The van der Waals surface area contributed by atoms with Gasteiger partial charge in [-0.25, -0.2) is 0 Å². The predicted molar refractivity (Wildman–Crippen MR) is 144 cm³/mol. The number of nitrogens with one attached hydrogen (secondary N) is 2. The third-order valence-electron chi connectivity index (χ3n) is 6.21. The lowest BCUT2D eigenvalue weighted by atomic mass is 9.81. The highest BCUT2D eigenvalue weighted by Gasteiger charge is 2.45. The Labute approximate surface area is 222 Å². The van der Waals surface area contributed by atoms with E-state index in [9.17, 15) is 19.8 Å². The molecule has 0 bridgehead atoms. The van der Waals surface area contributed by atoms with Gasteiger partial charge >= 0.3 is 0 Å². The molecule has 0 aliphatic rings. The Balaban J connectivity index is 1.85. The van der Waals surface area contributed by atoms with E-state index in [0.717, 1.165) is 22.3 Å². The minimum Gasteiger partial charge on any atom is -0.366 e. The molecule has 0 radical (unpaired) electrons. The van der Waals surface area contributed by atoms with Crippen molar-refractivity contribution < 1.29 is 19.8 Å². The topological polar surface area (TPSA) is 151 Å². The number of hydrogen-bond acceptors (Lipinski definition) is 6. The zero-order valence-electron chi connectivity index (χ0n) is 20.8. The molecule has 38 heavy (non-hydrogen) atoms. The van der Waals surface area contributed by atoms with Crippen LogP contribution in [0.1, 0.15) is 33.4 Å². The van der Waals surface area contributed by atoms with Crippen LogP contribution in [0.5, 0.6) is 0 Å². The van der Waals surface area contributed by atoms with Crippen LogP contribution < -0.4 is 22.1 Å². The standard InChI is InChI=1S/C30H30N4O4/c1-3-29(37,27(35)33-19-23-13-9-21(17-31)10-14-23)25-7-5-6-8-26(25)30(38,4-2)28(36)34-20-24-15-11-22(18-32)12-16-24/h1-2,5-16,37-38H,17-20,31-32H2,(H,33,35)(H,34,36). The van der Waals surface area contributed by atoms with E-state index < -0.39 is 23.0 Å². The van der Waals surface area contributed by atoms with Crippen LogP contribution in [-0.2, 0) is 47.0 Å². The largest absolute Gasteiger partial charge is 0.366 e. The third-order valence-corrected chi connectivity index (χ3v) is 6.21. The van der Waals surface area contributed by atoms with Gasteiger partial charge in [-0.3, -0.25) is 9.59 Å².